The Kier molecular flexibility index (Phi) is 7.44. The average Bonchev–Trinajstić information content (AvgIpc) is 3.13. The zero-order chi connectivity index (χ0) is 26.2. The lowest BCUT2D eigenvalue weighted by atomic mass is 10.0. The van der Waals surface area contributed by atoms with Gasteiger partial charge < -0.3 is 20.1 Å². The molecule has 1 aromatic carbocycles. The summed E-state index contributed by atoms with van der Waals surface area (Å²) in [6, 6.07) is 6.32. The Hall–Kier alpha value is -2.66. The molecule has 0 saturated carbocycles. The number of halogens is 1. The molecule has 0 atom stereocenters. The van der Waals surface area contributed by atoms with Crippen molar-refractivity contribution in [1.82, 2.24) is 24.0 Å². The molecule has 0 aliphatic carbocycles. The number of hydrogen-bond acceptors (Lipinski definition) is 8. The number of morpholine rings is 1. The van der Waals surface area contributed by atoms with Crippen molar-refractivity contribution < 1.29 is 9.84 Å². The van der Waals surface area contributed by atoms with E-state index in [0.717, 1.165) is 69.0 Å². The minimum absolute atomic E-state index is 0.112. The first kappa shape index (κ1) is 26.0. The van der Waals surface area contributed by atoms with Gasteiger partial charge in [-0.2, -0.15) is 4.98 Å². The third kappa shape index (κ3) is 5.77. The molecule has 0 amide bonds. The SMILES string of the molecule is Cn1c(=O)n(CCC(C)(C)O)c2cc(Nc3nc(N4CCC(N5CCOCC5)CC4)ncc3Cl)ccc21. The van der Waals surface area contributed by atoms with Crippen molar-refractivity contribution in [2.45, 2.75) is 51.3 Å². The van der Waals surface area contributed by atoms with Crippen molar-refractivity contribution >= 4 is 40.1 Å². The van der Waals surface area contributed by atoms with Crippen LogP contribution in [-0.4, -0.2) is 80.1 Å². The van der Waals surface area contributed by atoms with Crippen molar-refractivity contribution in [2.24, 2.45) is 7.05 Å². The summed E-state index contributed by atoms with van der Waals surface area (Å²) in [6.45, 7) is 9.35. The molecule has 0 radical (unpaired) electrons. The quantitative estimate of drug-likeness (QED) is 0.482. The summed E-state index contributed by atoms with van der Waals surface area (Å²) in [6.07, 6.45) is 4.25. The lowest BCUT2D eigenvalue weighted by Crippen LogP contribution is -2.49. The number of benzene rings is 1. The smallest absolute Gasteiger partial charge is 0.328 e. The highest BCUT2D eigenvalue weighted by molar-refractivity contribution is 6.32. The maximum absolute atomic E-state index is 12.8. The van der Waals surface area contributed by atoms with Crippen molar-refractivity contribution in [3.63, 3.8) is 0 Å². The van der Waals surface area contributed by atoms with E-state index in [1.807, 2.05) is 18.2 Å². The second kappa shape index (κ2) is 10.6. The van der Waals surface area contributed by atoms with Gasteiger partial charge in [-0.1, -0.05) is 11.6 Å². The first-order valence-electron chi connectivity index (χ1n) is 13.0. The molecule has 2 N–H and O–H groups in total. The first-order chi connectivity index (χ1) is 17.7. The fraction of sp³-hybridized carbons (Fsp3) is 0.577. The van der Waals surface area contributed by atoms with Crippen molar-refractivity contribution in [3.8, 4) is 0 Å². The Morgan fingerprint density at radius 1 is 1.16 bits per heavy atom. The van der Waals surface area contributed by atoms with Crippen LogP contribution < -0.4 is 15.9 Å². The number of fused-ring (bicyclic) bond motifs is 1. The van der Waals surface area contributed by atoms with E-state index in [0.29, 0.717) is 35.8 Å². The molecule has 3 aromatic rings. The predicted molar refractivity (Wildman–Crippen MR) is 146 cm³/mol. The summed E-state index contributed by atoms with van der Waals surface area (Å²) < 4.78 is 8.82. The Balaban J connectivity index is 1.33. The molecule has 0 unspecified atom stereocenters. The summed E-state index contributed by atoms with van der Waals surface area (Å²) in [4.78, 5) is 26.9. The molecule has 2 fully saturated rings. The largest absolute Gasteiger partial charge is 0.390 e. The van der Waals surface area contributed by atoms with Crippen molar-refractivity contribution in [3.05, 3.63) is 39.9 Å². The van der Waals surface area contributed by atoms with Gasteiger partial charge in [0.2, 0.25) is 5.95 Å². The predicted octanol–water partition coefficient (Wildman–Crippen LogP) is 2.99. The van der Waals surface area contributed by atoms with Gasteiger partial charge >= 0.3 is 5.69 Å². The number of piperidine rings is 1. The highest BCUT2D eigenvalue weighted by atomic mass is 35.5. The normalized spacial score (nSPS) is 18.0. The van der Waals surface area contributed by atoms with E-state index in [1.165, 1.54) is 0 Å². The van der Waals surface area contributed by atoms with Crippen molar-refractivity contribution in [1.29, 1.82) is 0 Å². The Morgan fingerprint density at radius 3 is 2.59 bits per heavy atom. The Morgan fingerprint density at radius 2 is 1.89 bits per heavy atom. The van der Waals surface area contributed by atoms with Gasteiger partial charge in [0.05, 0.1) is 36.0 Å². The van der Waals surface area contributed by atoms with Crippen LogP contribution in [0.1, 0.15) is 33.1 Å². The van der Waals surface area contributed by atoms with Crippen LogP contribution in [0.4, 0.5) is 17.5 Å². The Labute approximate surface area is 221 Å². The van der Waals surface area contributed by atoms with Gasteiger partial charge in [0, 0.05) is 51.5 Å². The van der Waals surface area contributed by atoms with Crippen LogP contribution in [0.3, 0.4) is 0 Å². The molecule has 2 aliphatic heterocycles. The lowest BCUT2D eigenvalue weighted by Gasteiger charge is -2.40. The second-order valence-electron chi connectivity index (χ2n) is 10.6. The van der Waals surface area contributed by atoms with E-state index in [2.05, 4.69) is 20.1 Å². The van der Waals surface area contributed by atoms with E-state index in [4.69, 9.17) is 21.3 Å². The van der Waals surface area contributed by atoms with E-state index in [9.17, 15) is 9.90 Å². The molecule has 2 aliphatic rings. The number of ether oxygens (including phenoxy) is 1. The van der Waals surface area contributed by atoms with Crippen LogP contribution >= 0.6 is 11.6 Å². The van der Waals surface area contributed by atoms with E-state index in [1.54, 1.807) is 36.2 Å². The molecule has 0 bridgehead atoms. The average molecular weight is 530 g/mol. The summed E-state index contributed by atoms with van der Waals surface area (Å²) in [5, 5.41) is 13.9. The summed E-state index contributed by atoms with van der Waals surface area (Å²) >= 11 is 6.48. The Bertz CT molecular complexity index is 1300. The van der Waals surface area contributed by atoms with Crippen LogP contribution in [0.25, 0.3) is 11.0 Å². The molecule has 0 spiro atoms. The number of aromatic nitrogens is 4. The second-order valence-corrected chi connectivity index (χ2v) is 11.0. The molecule has 2 saturated heterocycles. The number of rotatable bonds is 7. The number of anilines is 3. The molecule has 2 aromatic heterocycles. The first-order valence-corrected chi connectivity index (χ1v) is 13.4. The monoisotopic (exact) mass is 529 g/mol. The molecule has 4 heterocycles. The van der Waals surface area contributed by atoms with Gasteiger partial charge in [-0.15, -0.1) is 0 Å². The molecule has 11 heteroatoms. The number of hydrogen-bond donors (Lipinski definition) is 2. The van der Waals surface area contributed by atoms with E-state index >= 15 is 0 Å². The van der Waals surface area contributed by atoms with Crippen molar-refractivity contribution in [2.75, 3.05) is 49.6 Å². The highest BCUT2D eigenvalue weighted by Crippen LogP contribution is 2.28. The topological polar surface area (TPSA) is 101 Å². The van der Waals surface area contributed by atoms with Crippen LogP contribution in [0.2, 0.25) is 5.02 Å². The molecule has 10 nitrogen and oxygen atoms in total. The summed E-state index contributed by atoms with van der Waals surface area (Å²) in [5.74, 6) is 1.19. The van der Waals surface area contributed by atoms with Crippen LogP contribution in [-0.2, 0) is 18.3 Å². The number of aryl methyl sites for hydroxylation is 2. The fourth-order valence-corrected chi connectivity index (χ4v) is 5.34. The summed E-state index contributed by atoms with van der Waals surface area (Å²) in [7, 11) is 1.76. The zero-order valence-corrected chi connectivity index (χ0v) is 22.5. The third-order valence-electron chi connectivity index (χ3n) is 7.40. The van der Waals surface area contributed by atoms with E-state index in [-0.39, 0.29) is 5.69 Å². The van der Waals surface area contributed by atoms with Gasteiger partial charge in [0.15, 0.2) is 5.82 Å². The number of nitrogens with zero attached hydrogens (tertiary/aromatic N) is 6. The molecule has 200 valence electrons. The minimum Gasteiger partial charge on any atom is -0.390 e. The molecule has 5 rings (SSSR count). The standard InChI is InChI=1S/C26H36ClN7O3/c1-26(2,36)8-11-34-22-16-18(4-5-21(22)31(3)25(34)35)29-23-20(27)17-28-24(30-23)33-9-6-19(7-10-33)32-12-14-37-15-13-32/h4-5,16-17,19,36H,6-15H2,1-3H3,(H,28,29,30). The van der Waals surface area contributed by atoms with E-state index < -0.39 is 5.60 Å². The number of imidazole rings is 1. The lowest BCUT2D eigenvalue weighted by molar-refractivity contribution is 0.0114. The highest BCUT2D eigenvalue weighted by Gasteiger charge is 2.27. The zero-order valence-electron chi connectivity index (χ0n) is 21.8. The third-order valence-corrected chi connectivity index (χ3v) is 7.67. The van der Waals surface area contributed by atoms with Gasteiger partial charge in [-0.25, -0.2) is 9.78 Å². The summed E-state index contributed by atoms with van der Waals surface area (Å²) in [5.41, 5.74) is 1.41. The van der Waals surface area contributed by atoms with Gasteiger partial charge in [-0.05, 0) is 51.3 Å². The van der Waals surface area contributed by atoms with Gasteiger partial charge in [0.1, 0.15) is 5.02 Å². The molecular formula is C26H36ClN7O3. The maximum Gasteiger partial charge on any atom is 0.328 e. The van der Waals surface area contributed by atoms with Gasteiger partial charge in [-0.3, -0.25) is 14.0 Å². The maximum atomic E-state index is 12.8. The van der Waals surface area contributed by atoms with Crippen LogP contribution in [0.5, 0.6) is 0 Å². The number of nitrogens with one attached hydrogen (secondary N) is 1. The molecular weight excluding hydrogens is 494 g/mol. The van der Waals surface area contributed by atoms with Gasteiger partial charge in [0.25, 0.3) is 0 Å². The fourth-order valence-electron chi connectivity index (χ4n) is 5.20. The number of aliphatic hydroxyl groups is 1. The minimum atomic E-state index is -0.862. The van der Waals surface area contributed by atoms with Crippen LogP contribution in [0, 0.1) is 0 Å². The van der Waals surface area contributed by atoms with Crippen LogP contribution in [0.15, 0.2) is 29.2 Å². The molecule has 37 heavy (non-hydrogen) atoms.